The van der Waals surface area contributed by atoms with E-state index in [0.29, 0.717) is 5.69 Å². The highest BCUT2D eigenvalue weighted by atomic mass is 19.3. The van der Waals surface area contributed by atoms with Crippen LogP contribution in [0.25, 0.3) is 0 Å². The van der Waals surface area contributed by atoms with Crippen LogP contribution in [0, 0.1) is 0 Å². The zero-order chi connectivity index (χ0) is 19.7. The standard InChI is InChI=1S/C16H24F2N4O4/c1-9-7-11-10(8-22(9)14(25)26-15(2,3)4)12(21-20-11)16(17,18)13(24)19-5-6-23/h9,23H,5-8H2,1-4H3,(H,19,24)(H,20,21)/t9-/m1/s1. The summed E-state index contributed by atoms with van der Waals surface area (Å²) in [5, 5.41) is 16.8. The Morgan fingerprint density at radius 2 is 2.08 bits per heavy atom. The zero-order valence-electron chi connectivity index (χ0n) is 15.2. The zero-order valence-corrected chi connectivity index (χ0v) is 15.2. The van der Waals surface area contributed by atoms with Gasteiger partial charge in [0, 0.05) is 30.3 Å². The number of nitrogens with one attached hydrogen (secondary N) is 2. The molecule has 0 aliphatic carbocycles. The van der Waals surface area contributed by atoms with E-state index < -0.39 is 35.8 Å². The molecule has 8 nitrogen and oxygen atoms in total. The molecule has 3 N–H and O–H groups in total. The molecule has 1 aromatic rings. The lowest BCUT2D eigenvalue weighted by Crippen LogP contribution is -2.46. The molecule has 1 aliphatic heterocycles. The van der Waals surface area contributed by atoms with E-state index in [9.17, 15) is 18.4 Å². The summed E-state index contributed by atoms with van der Waals surface area (Å²) in [5.41, 5.74) is -0.867. The highest BCUT2D eigenvalue weighted by Crippen LogP contribution is 2.35. The fourth-order valence-electron chi connectivity index (χ4n) is 2.68. The first-order valence-corrected chi connectivity index (χ1v) is 8.30. The molecule has 2 heterocycles. The molecule has 0 saturated heterocycles. The normalized spacial score (nSPS) is 17.7. The van der Waals surface area contributed by atoms with Crippen LogP contribution in [-0.4, -0.2) is 57.0 Å². The molecule has 10 heteroatoms. The molecule has 1 aromatic heterocycles. The van der Waals surface area contributed by atoms with Crippen LogP contribution in [0.1, 0.15) is 44.6 Å². The van der Waals surface area contributed by atoms with Crippen LogP contribution in [0.2, 0.25) is 0 Å². The first-order chi connectivity index (χ1) is 12.0. The summed E-state index contributed by atoms with van der Waals surface area (Å²) in [6.07, 6.45) is -0.327. The summed E-state index contributed by atoms with van der Waals surface area (Å²) in [4.78, 5) is 25.5. The second-order valence-corrected chi connectivity index (χ2v) is 7.24. The van der Waals surface area contributed by atoms with Crippen molar-refractivity contribution < 1.29 is 28.2 Å². The third kappa shape index (κ3) is 4.12. The number of halogens is 2. The SMILES string of the molecule is C[C@@H]1Cc2[nH]nc(C(F)(F)C(=O)NCCO)c2CN1C(=O)OC(C)(C)C. The second kappa shape index (κ2) is 7.18. The predicted octanol–water partition coefficient (Wildman–Crippen LogP) is 1.29. The molecular formula is C16H24F2N4O4. The van der Waals surface area contributed by atoms with Gasteiger partial charge in [0.15, 0.2) is 0 Å². The smallest absolute Gasteiger partial charge is 0.410 e. The minimum absolute atomic E-state index is 0.109. The van der Waals surface area contributed by atoms with Crippen molar-refractivity contribution in [3.05, 3.63) is 17.0 Å². The molecule has 0 saturated carbocycles. The molecule has 2 rings (SSSR count). The van der Waals surface area contributed by atoms with Gasteiger partial charge in [-0.25, -0.2) is 4.79 Å². The van der Waals surface area contributed by atoms with Crippen molar-refractivity contribution in [3.8, 4) is 0 Å². The third-order valence-corrected chi connectivity index (χ3v) is 3.92. The van der Waals surface area contributed by atoms with E-state index in [2.05, 4.69) is 10.2 Å². The van der Waals surface area contributed by atoms with Gasteiger partial charge in [0.25, 0.3) is 5.91 Å². The van der Waals surface area contributed by atoms with Gasteiger partial charge in [0.1, 0.15) is 11.3 Å². The minimum Gasteiger partial charge on any atom is -0.444 e. The van der Waals surface area contributed by atoms with Gasteiger partial charge in [-0.15, -0.1) is 0 Å². The van der Waals surface area contributed by atoms with Gasteiger partial charge in [-0.1, -0.05) is 0 Å². The maximum atomic E-state index is 14.5. The number of aliphatic hydroxyl groups is 1. The minimum atomic E-state index is -3.89. The van der Waals surface area contributed by atoms with Crippen molar-refractivity contribution in [1.29, 1.82) is 0 Å². The highest BCUT2D eigenvalue weighted by molar-refractivity contribution is 5.84. The van der Waals surface area contributed by atoms with Crippen molar-refractivity contribution in [3.63, 3.8) is 0 Å². The van der Waals surface area contributed by atoms with Crippen molar-refractivity contribution in [2.75, 3.05) is 13.2 Å². The van der Waals surface area contributed by atoms with Gasteiger partial charge in [-0.05, 0) is 27.7 Å². The van der Waals surface area contributed by atoms with Crippen molar-refractivity contribution >= 4 is 12.0 Å². The van der Waals surface area contributed by atoms with Gasteiger partial charge in [-0.3, -0.25) is 9.89 Å². The Morgan fingerprint density at radius 3 is 2.65 bits per heavy atom. The Hall–Kier alpha value is -2.23. The molecular weight excluding hydrogens is 350 g/mol. The van der Waals surface area contributed by atoms with Crippen LogP contribution in [0.15, 0.2) is 0 Å². The first-order valence-electron chi connectivity index (χ1n) is 8.30. The number of fused-ring (bicyclic) bond motifs is 1. The summed E-state index contributed by atoms with van der Waals surface area (Å²) in [6, 6.07) is -0.275. The monoisotopic (exact) mass is 374 g/mol. The number of ether oxygens (including phenoxy) is 1. The number of carbonyl (C=O) groups excluding carboxylic acids is 2. The lowest BCUT2D eigenvalue weighted by atomic mass is 9.98. The van der Waals surface area contributed by atoms with E-state index in [-0.39, 0.29) is 31.1 Å². The molecule has 26 heavy (non-hydrogen) atoms. The second-order valence-electron chi connectivity index (χ2n) is 7.24. The molecule has 0 spiro atoms. The Bertz CT molecular complexity index is 684. The van der Waals surface area contributed by atoms with E-state index >= 15 is 0 Å². The number of nitrogens with zero attached hydrogens (tertiary/aromatic N) is 2. The van der Waals surface area contributed by atoms with Crippen molar-refractivity contribution in [2.24, 2.45) is 0 Å². The largest absolute Gasteiger partial charge is 0.444 e. The number of aromatic amines is 1. The quantitative estimate of drug-likeness (QED) is 0.736. The van der Waals surface area contributed by atoms with Crippen molar-refractivity contribution in [1.82, 2.24) is 20.4 Å². The molecule has 2 amide bonds. The third-order valence-electron chi connectivity index (χ3n) is 3.92. The van der Waals surface area contributed by atoms with Gasteiger partial charge in [-0.2, -0.15) is 13.9 Å². The summed E-state index contributed by atoms with van der Waals surface area (Å²) < 4.78 is 34.3. The maximum absolute atomic E-state index is 14.5. The van der Waals surface area contributed by atoms with E-state index in [4.69, 9.17) is 9.84 Å². The molecule has 1 aliphatic rings. The van der Waals surface area contributed by atoms with Gasteiger partial charge < -0.3 is 20.1 Å². The van der Waals surface area contributed by atoms with Gasteiger partial charge >= 0.3 is 12.0 Å². The number of aromatic nitrogens is 2. The predicted molar refractivity (Wildman–Crippen MR) is 87.5 cm³/mol. The number of hydrogen-bond donors (Lipinski definition) is 3. The molecule has 0 radical (unpaired) electrons. The number of H-pyrrole nitrogens is 1. The molecule has 1 atom stereocenters. The van der Waals surface area contributed by atoms with Crippen LogP contribution in [0.3, 0.4) is 0 Å². The number of amides is 2. The van der Waals surface area contributed by atoms with E-state index in [0.717, 1.165) is 0 Å². The average molecular weight is 374 g/mol. The highest BCUT2D eigenvalue weighted by Gasteiger charge is 2.47. The van der Waals surface area contributed by atoms with Crippen LogP contribution in [-0.2, 0) is 28.4 Å². The van der Waals surface area contributed by atoms with E-state index in [1.807, 2.05) is 5.32 Å². The Balaban J connectivity index is 2.27. The molecule has 0 fully saturated rings. The fraction of sp³-hybridized carbons (Fsp3) is 0.688. The average Bonchev–Trinajstić information content (AvgIpc) is 2.93. The Kier molecular flexibility index (Phi) is 5.55. The lowest BCUT2D eigenvalue weighted by Gasteiger charge is -2.35. The topological polar surface area (TPSA) is 108 Å². The van der Waals surface area contributed by atoms with Crippen LogP contribution >= 0.6 is 0 Å². The van der Waals surface area contributed by atoms with Crippen LogP contribution in [0.5, 0.6) is 0 Å². The number of carbonyl (C=O) groups is 2. The van der Waals surface area contributed by atoms with Crippen LogP contribution < -0.4 is 5.32 Å². The fourth-order valence-corrected chi connectivity index (χ4v) is 2.68. The molecule has 0 unspecified atom stereocenters. The number of alkyl halides is 2. The summed E-state index contributed by atoms with van der Waals surface area (Å²) in [5.74, 6) is -5.44. The number of hydrogen-bond acceptors (Lipinski definition) is 5. The number of aliphatic hydroxyl groups excluding tert-OH is 1. The van der Waals surface area contributed by atoms with E-state index in [1.54, 1.807) is 27.7 Å². The summed E-state index contributed by atoms with van der Waals surface area (Å²) in [7, 11) is 0. The number of rotatable bonds is 4. The van der Waals surface area contributed by atoms with Gasteiger partial charge in [0.05, 0.1) is 13.2 Å². The summed E-state index contributed by atoms with van der Waals surface area (Å²) >= 11 is 0. The maximum Gasteiger partial charge on any atom is 0.410 e. The van der Waals surface area contributed by atoms with Crippen LogP contribution in [0.4, 0.5) is 13.6 Å². The Labute approximate surface area is 149 Å². The lowest BCUT2D eigenvalue weighted by molar-refractivity contribution is -0.147. The molecule has 0 bridgehead atoms. The molecule has 146 valence electrons. The molecule has 0 aromatic carbocycles. The summed E-state index contributed by atoms with van der Waals surface area (Å²) in [6.45, 7) is 6.04. The first kappa shape index (κ1) is 20.1. The van der Waals surface area contributed by atoms with Gasteiger partial charge in [0.2, 0.25) is 0 Å². The Morgan fingerprint density at radius 1 is 1.42 bits per heavy atom. The van der Waals surface area contributed by atoms with Crippen molar-refractivity contribution in [2.45, 2.75) is 58.2 Å². The van der Waals surface area contributed by atoms with E-state index in [1.165, 1.54) is 4.90 Å².